The lowest BCUT2D eigenvalue weighted by Crippen LogP contribution is -2.31. The van der Waals surface area contributed by atoms with Crippen LogP contribution in [0.4, 0.5) is 23.4 Å². The Balaban J connectivity index is 1.57. The van der Waals surface area contributed by atoms with Gasteiger partial charge in [0.05, 0.1) is 30.1 Å². The van der Waals surface area contributed by atoms with Crippen molar-refractivity contribution < 1.29 is 27.5 Å². The van der Waals surface area contributed by atoms with Crippen molar-refractivity contribution in [3.8, 4) is 11.3 Å². The fourth-order valence-corrected chi connectivity index (χ4v) is 4.82. The standard InChI is InChI=1S/C25H23BrF4N4O2/c26-16-6-15(7-17(27)9-16)21(12-35)34-24(36)18-4-3-13(8-19(18)28)22-23(31)32-11-20(33-22)14-2-1-5-25(29,30)10-14/h3-4,6-9,11,14,21,35H,1-2,5,10,12H2,(H2,31,32)(H,34,36)/t14-,21-/m1/s1. The molecule has 1 aliphatic rings. The molecule has 0 radical (unpaired) electrons. The van der Waals surface area contributed by atoms with Crippen LogP contribution in [0.2, 0.25) is 0 Å². The molecule has 1 aromatic heterocycles. The second-order valence-corrected chi connectivity index (χ2v) is 9.70. The fraction of sp³-hybridized carbons (Fsp3) is 0.320. The smallest absolute Gasteiger partial charge is 0.254 e. The molecule has 1 fully saturated rings. The molecule has 1 aliphatic carbocycles. The summed E-state index contributed by atoms with van der Waals surface area (Å²) >= 11 is 3.15. The predicted molar refractivity (Wildman–Crippen MR) is 129 cm³/mol. The third-order valence-electron chi connectivity index (χ3n) is 6.14. The van der Waals surface area contributed by atoms with Crippen molar-refractivity contribution in [2.75, 3.05) is 12.3 Å². The molecule has 0 bridgehead atoms. The molecule has 190 valence electrons. The zero-order valence-electron chi connectivity index (χ0n) is 18.9. The number of aliphatic hydroxyl groups is 1. The fourth-order valence-electron chi connectivity index (χ4n) is 4.34. The maximum absolute atomic E-state index is 15.0. The SMILES string of the molecule is Nc1ncc([C@@H]2CCCC(F)(F)C2)nc1-c1ccc(C(=O)N[C@H](CO)c2cc(F)cc(Br)c2)c(F)c1. The summed E-state index contributed by atoms with van der Waals surface area (Å²) in [6.45, 7) is -0.541. The molecule has 4 rings (SSSR count). The highest BCUT2D eigenvalue weighted by Crippen LogP contribution is 2.41. The molecule has 4 N–H and O–H groups in total. The van der Waals surface area contributed by atoms with E-state index in [9.17, 15) is 27.5 Å². The Morgan fingerprint density at radius 3 is 2.69 bits per heavy atom. The first kappa shape index (κ1) is 26.0. The molecule has 36 heavy (non-hydrogen) atoms. The number of hydrogen-bond acceptors (Lipinski definition) is 5. The summed E-state index contributed by atoms with van der Waals surface area (Å²) in [6.07, 6.45) is 1.75. The van der Waals surface area contributed by atoms with Crippen LogP contribution >= 0.6 is 15.9 Å². The Morgan fingerprint density at radius 1 is 1.25 bits per heavy atom. The lowest BCUT2D eigenvalue weighted by Gasteiger charge is -2.28. The summed E-state index contributed by atoms with van der Waals surface area (Å²) in [4.78, 5) is 21.2. The summed E-state index contributed by atoms with van der Waals surface area (Å²) in [5.74, 6) is -5.56. The molecular formula is C25H23BrF4N4O2. The number of aromatic nitrogens is 2. The van der Waals surface area contributed by atoms with Crippen molar-refractivity contribution in [3.05, 3.63) is 75.5 Å². The van der Waals surface area contributed by atoms with Gasteiger partial charge < -0.3 is 16.2 Å². The zero-order valence-corrected chi connectivity index (χ0v) is 20.5. The van der Waals surface area contributed by atoms with E-state index in [2.05, 4.69) is 31.2 Å². The minimum absolute atomic E-state index is 0.00468. The van der Waals surface area contributed by atoms with Gasteiger partial charge in [-0.15, -0.1) is 0 Å². The molecule has 0 spiro atoms. The lowest BCUT2D eigenvalue weighted by atomic mass is 9.84. The molecule has 11 heteroatoms. The van der Waals surface area contributed by atoms with E-state index in [1.165, 1.54) is 30.5 Å². The van der Waals surface area contributed by atoms with Crippen molar-refractivity contribution in [1.82, 2.24) is 15.3 Å². The van der Waals surface area contributed by atoms with Gasteiger partial charge >= 0.3 is 0 Å². The number of nitrogens with zero attached hydrogens (tertiary/aromatic N) is 2. The van der Waals surface area contributed by atoms with E-state index >= 15 is 0 Å². The number of alkyl halides is 2. The predicted octanol–water partition coefficient (Wildman–Crippen LogP) is 5.52. The summed E-state index contributed by atoms with van der Waals surface area (Å²) in [5.41, 5.74) is 6.63. The number of benzene rings is 2. The molecule has 1 amide bonds. The Hall–Kier alpha value is -3.05. The number of nitrogens with one attached hydrogen (secondary N) is 1. The second-order valence-electron chi connectivity index (χ2n) is 8.78. The lowest BCUT2D eigenvalue weighted by molar-refractivity contribution is -0.0412. The van der Waals surface area contributed by atoms with Gasteiger partial charge in [0.25, 0.3) is 5.91 Å². The van der Waals surface area contributed by atoms with E-state index < -0.39 is 42.0 Å². The number of amides is 1. The third-order valence-corrected chi connectivity index (χ3v) is 6.60. The van der Waals surface area contributed by atoms with E-state index in [4.69, 9.17) is 5.73 Å². The first-order valence-electron chi connectivity index (χ1n) is 11.2. The van der Waals surface area contributed by atoms with Crippen LogP contribution in [-0.2, 0) is 0 Å². The highest BCUT2D eigenvalue weighted by molar-refractivity contribution is 9.10. The van der Waals surface area contributed by atoms with Gasteiger partial charge in [-0.25, -0.2) is 27.5 Å². The number of carbonyl (C=O) groups is 1. The van der Waals surface area contributed by atoms with Crippen LogP contribution in [-0.4, -0.2) is 33.5 Å². The molecule has 6 nitrogen and oxygen atoms in total. The van der Waals surface area contributed by atoms with Crippen molar-refractivity contribution >= 4 is 27.7 Å². The molecule has 1 saturated carbocycles. The van der Waals surface area contributed by atoms with E-state index in [0.717, 1.165) is 12.1 Å². The molecular weight excluding hydrogens is 544 g/mol. The molecule has 0 aliphatic heterocycles. The van der Waals surface area contributed by atoms with Gasteiger partial charge in [0, 0.05) is 28.8 Å². The van der Waals surface area contributed by atoms with Crippen LogP contribution in [0.15, 0.2) is 47.1 Å². The van der Waals surface area contributed by atoms with Crippen LogP contribution < -0.4 is 11.1 Å². The first-order chi connectivity index (χ1) is 17.1. The van der Waals surface area contributed by atoms with Crippen LogP contribution in [0.25, 0.3) is 11.3 Å². The monoisotopic (exact) mass is 566 g/mol. The minimum atomic E-state index is -2.78. The Labute approximate surface area is 213 Å². The molecule has 0 saturated heterocycles. The van der Waals surface area contributed by atoms with Crippen molar-refractivity contribution in [2.45, 2.75) is 43.6 Å². The van der Waals surface area contributed by atoms with Crippen molar-refractivity contribution in [1.29, 1.82) is 0 Å². The van der Waals surface area contributed by atoms with E-state index in [1.54, 1.807) is 0 Å². The normalized spacial score (nSPS) is 18.0. The maximum atomic E-state index is 15.0. The molecule has 3 aromatic rings. The number of hydrogen-bond donors (Lipinski definition) is 3. The van der Waals surface area contributed by atoms with Gasteiger partial charge in [-0.05, 0) is 48.7 Å². The average Bonchev–Trinajstić information content (AvgIpc) is 2.81. The van der Waals surface area contributed by atoms with Crippen LogP contribution in [0.3, 0.4) is 0 Å². The van der Waals surface area contributed by atoms with Gasteiger partial charge in [0.15, 0.2) is 0 Å². The van der Waals surface area contributed by atoms with Gasteiger partial charge in [-0.1, -0.05) is 22.0 Å². The number of halogens is 5. The molecule has 2 aromatic carbocycles. The van der Waals surface area contributed by atoms with Gasteiger partial charge in [0.1, 0.15) is 23.1 Å². The van der Waals surface area contributed by atoms with Crippen molar-refractivity contribution in [2.24, 2.45) is 0 Å². The van der Waals surface area contributed by atoms with E-state index in [1.807, 2.05) is 0 Å². The Morgan fingerprint density at radius 2 is 2.03 bits per heavy atom. The topological polar surface area (TPSA) is 101 Å². The van der Waals surface area contributed by atoms with E-state index in [-0.39, 0.29) is 35.5 Å². The molecule has 1 heterocycles. The average molecular weight is 567 g/mol. The summed E-state index contributed by atoms with van der Waals surface area (Å²) in [5, 5.41) is 12.2. The Kier molecular flexibility index (Phi) is 7.60. The summed E-state index contributed by atoms with van der Waals surface area (Å²) in [7, 11) is 0. The summed E-state index contributed by atoms with van der Waals surface area (Å²) in [6, 6.07) is 6.63. The third kappa shape index (κ3) is 5.84. The number of nitrogens with two attached hydrogens (primary N) is 1. The van der Waals surface area contributed by atoms with Gasteiger partial charge in [-0.3, -0.25) is 4.79 Å². The van der Waals surface area contributed by atoms with Crippen LogP contribution in [0, 0.1) is 11.6 Å². The number of aliphatic hydroxyl groups excluding tert-OH is 1. The quantitative estimate of drug-likeness (QED) is 0.341. The number of rotatable bonds is 6. The minimum Gasteiger partial charge on any atom is -0.394 e. The van der Waals surface area contributed by atoms with Crippen LogP contribution in [0.5, 0.6) is 0 Å². The van der Waals surface area contributed by atoms with Crippen molar-refractivity contribution in [3.63, 3.8) is 0 Å². The summed E-state index contributed by atoms with van der Waals surface area (Å²) < 4.78 is 56.9. The van der Waals surface area contributed by atoms with Gasteiger partial charge in [0.2, 0.25) is 5.92 Å². The molecule has 0 unspecified atom stereocenters. The van der Waals surface area contributed by atoms with Gasteiger partial charge in [-0.2, -0.15) is 0 Å². The highest BCUT2D eigenvalue weighted by atomic mass is 79.9. The van der Waals surface area contributed by atoms with E-state index in [0.29, 0.717) is 28.6 Å². The second kappa shape index (κ2) is 10.5. The molecule has 2 atom stereocenters. The van der Waals surface area contributed by atoms with Crippen LogP contribution in [0.1, 0.15) is 59.3 Å². The first-order valence-corrected chi connectivity index (χ1v) is 12.0. The number of anilines is 1. The number of nitrogen functional groups attached to an aromatic ring is 1. The maximum Gasteiger partial charge on any atom is 0.254 e. The highest BCUT2D eigenvalue weighted by Gasteiger charge is 2.37. The zero-order chi connectivity index (χ0) is 26.0. The number of carbonyl (C=O) groups excluding carboxylic acids is 1. The largest absolute Gasteiger partial charge is 0.394 e. The Bertz CT molecular complexity index is 1270.